The average Bonchev–Trinajstić information content (AvgIpc) is 2.86. The van der Waals surface area contributed by atoms with E-state index in [4.69, 9.17) is 5.41 Å². The maximum atomic E-state index is 7.55. The van der Waals surface area contributed by atoms with Gasteiger partial charge in [-0.2, -0.15) is 11.3 Å². The molecule has 3 N–H and O–H groups in total. The summed E-state index contributed by atoms with van der Waals surface area (Å²) in [7, 11) is 1.67. The standard InChI is InChI=1S/C13H21N5S/c1-9(14)13(15-4)18-11(3)17-10(2)16-7-12-5-6-19-8-12/h5-6,8,11,14H,7H2,1-4H3,(H,15,18)(H,16,17). The van der Waals surface area contributed by atoms with Gasteiger partial charge in [-0.3, -0.25) is 9.98 Å². The molecule has 1 heterocycles. The van der Waals surface area contributed by atoms with Gasteiger partial charge in [0, 0.05) is 7.05 Å². The molecule has 1 aromatic heterocycles. The predicted molar refractivity (Wildman–Crippen MR) is 83.6 cm³/mol. The van der Waals surface area contributed by atoms with Gasteiger partial charge >= 0.3 is 0 Å². The van der Waals surface area contributed by atoms with Gasteiger partial charge in [-0.25, -0.2) is 0 Å². The Morgan fingerprint density at radius 2 is 2.16 bits per heavy atom. The van der Waals surface area contributed by atoms with Crippen LogP contribution in [0.15, 0.2) is 26.8 Å². The first-order valence-corrected chi connectivity index (χ1v) is 7.04. The fraction of sp³-hybridized carbons (Fsp3) is 0.462. The van der Waals surface area contributed by atoms with E-state index in [-0.39, 0.29) is 6.17 Å². The minimum Gasteiger partial charge on any atom is -0.354 e. The van der Waals surface area contributed by atoms with Crippen LogP contribution in [-0.2, 0) is 6.54 Å². The third-order valence-corrected chi connectivity index (χ3v) is 3.17. The summed E-state index contributed by atoms with van der Waals surface area (Å²) in [5, 5.41) is 18.1. The van der Waals surface area contributed by atoms with Crippen molar-refractivity contribution in [2.75, 3.05) is 7.05 Å². The number of rotatable bonds is 5. The van der Waals surface area contributed by atoms with Gasteiger partial charge in [0.05, 0.1) is 24.3 Å². The molecular formula is C13H21N5S. The van der Waals surface area contributed by atoms with Crippen LogP contribution in [0, 0.1) is 5.41 Å². The molecule has 1 unspecified atom stereocenters. The molecule has 6 heteroatoms. The Bertz CT molecular complexity index is 461. The summed E-state index contributed by atoms with van der Waals surface area (Å²) in [5.74, 6) is 1.45. The van der Waals surface area contributed by atoms with Crippen LogP contribution >= 0.6 is 11.3 Å². The molecule has 0 spiro atoms. The van der Waals surface area contributed by atoms with Gasteiger partial charge in [0.2, 0.25) is 0 Å². The van der Waals surface area contributed by atoms with Crippen LogP contribution in [0.5, 0.6) is 0 Å². The van der Waals surface area contributed by atoms with Crippen molar-refractivity contribution >= 4 is 28.7 Å². The molecule has 0 saturated carbocycles. The number of hydrogen-bond donors (Lipinski definition) is 3. The van der Waals surface area contributed by atoms with Crippen molar-refractivity contribution in [3.8, 4) is 0 Å². The Kier molecular flexibility index (Phi) is 6.21. The van der Waals surface area contributed by atoms with Crippen LogP contribution in [0.4, 0.5) is 0 Å². The number of hydrogen-bond acceptors (Lipinski definition) is 4. The Morgan fingerprint density at radius 3 is 2.68 bits per heavy atom. The number of aliphatic imine (C=N–C) groups is 2. The van der Waals surface area contributed by atoms with E-state index in [0.717, 1.165) is 5.84 Å². The topological polar surface area (TPSA) is 72.6 Å². The number of thiophene rings is 1. The normalized spacial score (nSPS) is 14.1. The third-order valence-electron chi connectivity index (χ3n) is 2.44. The van der Waals surface area contributed by atoms with Gasteiger partial charge in [-0.05, 0) is 43.2 Å². The molecule has 0 aliphatic heterocycles. The molecular weight excluding hydrogens is 258 g/mol. The van der Waals surface area contributed by atoms with Gasteiger partial charge < -0.3 is 16.0 Å². The summed E-state index contributed by atoms with van der Waals surface area (Å²) in [6, 6.07) is 2.07. The fourth-order valence-electron chi connectivity index (χ4n) is 1.53. The highest BCUT2D eigenvalue weighted by molar-refractivity contribution is 7.07. The van der Waals surface area contributed by atoms with Crippen molar-refractivity contribution < 1.29 is 0 Å². The highest BCUT2D eigenvalue weighted by Crippen LogP contribution is 2.06. The second kappa shape index (κ2) is 7.68. The second-order valence-electron chi connectivity index (χ2n) is 4.24. The molecule has 0 aliphatic carbocycles. The lowest BCUT2D eigenvalue weighted by Crippen LogP contribution is -2.47. The van der Waals surface area contributed by atoms with Crippen molar-refractivity contribution in [1.29, 1.82) is 5.41 Å². The zero-order valence-electron chi connectivity index (χ0n) is 11.8. The highest BCUT2D eigenvalue weighted by atomic mass is 32.1. The fourth-order valence-corrected chi connectivity index (χ4v) is 2.19. The molecule has 1 rings (SSSR count). The SMILES string of the molecule is CN=C(NC(C)NC(C)=NCc1ccsc1)C(C)=N. The molecule has 0 aliphatic rings. The predicted octanol–water partition coefficient (Wildman–Crippen LogP) is 2.26. The zero-order valence-corrected chi connectivity index (χ0v) is 12.6. The van der Waals surface area contributed by atoms with Crippen molar-refractivity contribution in [3.05, 3.63) is 22.4 Å². The van der Waals surface area contributed by atoms with E-state index in [1.165, 1.54) is 5.56 Å². The molecule has 5 nitrogen and oxygen atoms in total. The first-order chi connectivity index (χ1) is 9.02. The van der Waals surface area contributed by atoms with Crippen LogP contribution in [-0.4, -0.2) is 30.6 Å². The van der Waals surface area contributed by atoms with E-state index < -0.39 is 0 Å². The molecule has 19 heavy (non-hydrogen) atoms. The Labute approximate surface area is 118 Å². The molecule has 0 fully saturated rings. The number of nitrogens with zero attached hydrogens (tertiary/aromatic N) is 2. The van der Waals surface area contributed by atoms with Crippen molar-refractivity contribution in [3.63, 3.8) is 0 Å². The maximum absolute atomic E-state index is 7.55. The van der Waals surface area contributed by atoms with E-state index >= 15 is 0 Å². The summed E-state index contributed by atoms with van der Waals surface area (Å²) in [4.78, 5) is 8.49. The molecule has 1 aromatic rings. The van der Waals surface area contributed by atoms with Gasteiger partial charge in [-0.15, -0.1) is 0 Å². The van der Waals surface area contributed by atoms with Crippen LogP contribution < -0.4 is 10.6 Å². The first-order valence-electron chi connectivity index (χ1n) is 6.10. The molecule has 0 aromatic carbocycles. The van der Waals surface area contributed by atoms with E-state index in [2.05, 4.69) is 37.4 Å². The van der Waals surface area contributed by atoms with Gasteiger partial charge in [0.25, 0.3) is 0 Å². The van der Waals surface area contributed by atoms with Crippen molar-refractivity contribution in [1.82, 2.24) is 10.6 Å². The molecule has 0 bridgehead atoms. The van der Waals surface area contributed by atoms with Crippen LogP contribution in [0.1, 0.15) is 26.3 Å². The van der Waals surface area contributed by atoms with Gasteiger partial charge in [0.1, 0.15) is 5.84 Å². The Morgan fingerprint density at radius 1 is 1.42 bits per heavy atom. The van der Waals surface area contributed by atoms with E-state index in [1.807, 2.05) is 13.8 Å². The van der Waals surface area contributed by atoms with Crippen molar-refractivity contribution in [2.45, 2.75) is 33.5 Å². The van der Waals surface area contributed by atoms with E-state index in [9.17, 15) is 0 Å². The van der Waals surface area contributed by atoms with Crippen LogP contribution in [0.25, 0.3) is 0 Å². The molecule has 0 saturated heterocycles. The van der Waals surface area contributed by atoms with E-state index in [1.54, 1.807) is 25.3 Å². The maximum Gasteiger partial charge on any atom is 0.143 e. The first kappa shape index (κ1) is 15.4. The van der Waals surface area contributed by atoms with Gasteiger partial charge in [-0.1, -0.05) is 0 Å². The lowest BCUT2D eigenvalue weighted by Gasteiger charge is -2.18. The molecule has 1 atom stereocenters. The monoisotopic (exact) mass is 279 g/mol. The van der Waals surface area contributed by atoms with Crippen LogP contribution in [0.2, 0.25) is 0 Å². The average molecular weight is 279 g/mol. The largest absolute Gasteiger partial charge is 0.354 e. The minimum absolute atomic E-state index is 0.0229. The molecule has 0 amide bonds. The van der Waals surface area contributed by atoms with Crippen LogP contribution in [0.3, 0.4) is 0 Å². The smallest absolute Gasteiger partial charge is 0.143 e. The van der Waals surface area contributed by atoms with Gasteiger partial charge in [0.15, 0.2) is 0 Å². The second-order valence-corrected chi connectivity index (χ2v) is 5.02. The molecule has 0 radical (unpaired) electrons. The quantitative estimate of drug-likeness (QED) is 0.439. The number of nitrogens with one attached hydrogen (secondary N) is 3. The zero-order chi connectivity index (χ0) is 14.3. The third kappa shape index (κ3) is 5.65. The summed E-state index contributed by atoms with van der Waals surface area (Å²) in [6.07, 6.45) is -0.0229. The lowest BCUT2D eigenvalue weighted by molar-refractivity contribution is 0.624. The Balaban J connectivity index is 2.45. The lowest BCUT2D eigenvalue weighted by atomic mass is 10.3. The Hall–Kier alpha value is -1.69. The van der Waals surface area contributed by atoms with Crippen molar-refractivity contribution in [2.24, 2.45) is 9.98 Å². The summed E-state index contributed by atoms with van der Waals surface area (Å²) < 4.78 is 0. The number of amidine groups is 2. The molecule has 104 valence electrons. The summed E-state index contributed by atoms with van der Waals surface area (Å²) >= 11 is 1.68. The summed E-state index contributed by atoms with van der Waals surface area (Å²) in [5.41, 5.74) is 1.64. The summed E-state index contributed by atoms with van der Waals surface area (Å²) in [6.45, 7) is 6.30. The van der Waals surface area contributed by atoms with E-state index in [0.29, 0.717) is 18.1 Å². The minimum atomic E-state index is -0.0229. The highest BCUT2D eigenvalue weighted by Gasteiger charge is 2.06.